The van der Waals surface area contributed by atoms with Gasteiger partial charge in [0.15, 0.2) is 6.04 Å². The number of aldehydes is 1. The Morgan fingerprint density at radius 2 is 1.53 bits per heavy atom. The zero-order chi connectivity index (χ0) is 41.8. The molecule has 0 saturated carbocycles. The van der Waals surface area contributed by atoms with Crippen molar-refractivity contribution < 1.29 is 38.2 Å². The summed E-state index contributed by atoms with van der Waals surface area (Å²) in [4.78, 5) is 89.0. The Morgan fingerprint density at radius 1 is 0.895 bits per heavy atom. The summed E-state index contributed by atoms with van der Waals surface area (Å²) in [7, 11) is 0. The predicted molar refractivity (Wildman–Crippen MR) is 216 cm³/mol. The van der Waals surface area contributed by atoms with Crippen molar-refractivity contribution in [3.8, 4) is 0 Å². The van der Waals surface area contributed by atoms with E-state index in [1.165, 1.54) is 29.6 Å². The van der Waals surface area contributed by atoms with E-state index in [0.29, 0.717) is 22.9 Å². The lowest BCUT2D eigenvalue weighted by Gasteiger charge is -2.22. The highest BCUT2D eigenvalue weighted by atomic mass is 32.1. The van der Waals surface area contributed by atoms with Crippen LogP contribution in [0.4, 0.5) is 0 Å². The number of hydrogen-bond acceptors (Lipinski definition) is 14. The summed E-state index contributed by atoms with van der Waals surface area (Å²) >= 11 is 2.41. The van der Waals surface area contributed by atoms with Crippen LogP contribution in [0.5, 0.6) is 0 Å². The third-order valence-corrected chi connectivity index (χ3v) is 11.5. The van der Waals surface area contributed by atoms with Gasteiger partial charge in [0.05, 0.1) is 18.1 Å². The molecule has 57 heavy (non-hydrogen) atoms. The standard InChI is InChI=1S/C39H52N8O8S2/c1-8-21(4)28(16-48)44-34(51)29-17-56-38(45-29)22(5)41-36(53)32-24(7)55-37(47-32)26(14-20(2)3)42-33(50)30-18-57-39(46-30)27(15-25-12-10-9-11-13-25)43-35(52)31(40)23(6)54-19-49/h9-13,16-24,26-28,31-32H,8,14-15,40H2,1-7H3,(H,41,53)(H,42,50)(H,43,52)(H,44,51). The highest BCUT2D eigenvalue weighted by Crippen LogP contribution is 2.25. The molecule has 3 aromatic rings. The second-order valence-electron chi connectivity index (χ2n) is 14.5. The lowest BCUT2D eigenvalue weighted by Crippen LogP contribution is -2.49. The smallest absolute Gasteiger partial charge is 0.293 e. The fraction of sp³-hybridized carbons (Fsp3) is 0.513. The highest BCUT2D eigenvalue weighted by Gasteiger charge is 2.38. The van der Waals surface area contributed by atoms with Crippen molar-refractivity contribution in [1.29, 1.82) is 0 Å². The summed E-state index contributed by atoms with van der Waals surface area (Å²) in [6.45, 7) is 13.0. The van der Waals surface area contributed by atoms with E-state index >= 15 is 0 Å². The molecule has 308 valence electrons. The predicted octanol–water partition coefficient (Wildman–Crippen LogP) is 3.44. The van der Waals surface area contributed by atoms with Crippen molar-refractivity contribution in [2.45, 2.75) is 116 Å². The molecule has 1 aliphatic heterocycles. The second kappa shape index (κ2) is 20.9. The normalized spacial score (nSPS) is 18.7. The van der Waals surface area contributed by atoms with Crippen molar-refractivity contribution >= 4 is 65.0 Å². The van der Waals surface area contributed by atoms with Gasteiger partial charge in [-0.25, -0.2) is 15.0 Å². The first-order valence-electron chi connectivity index (χ1n) is 18.9. The van der Waals surface area contributed by atoms with Crippen molar-refractivity contribution in [3.63, 3.8) is 0 Å². The number of thiazole rings is 2. The van der Waals surface area contributed by atoms with Gasteiger partial charge in [0, 0.05) is 10.8 Å². The zero-order valence-electron chi connectivity index (χ0n) is 33.1. The largest absolute Gasteiger partial charge is 0.474 e. The maximum Gasteiger partial charge on any atom is 0.293 e. The molecule has 6 N–H and O–H groups in total. The first-order chi connectivity index (χ1) is 27.1. The molecule has 16 nitrogen and oxygen atoms in total. The molecule has 0 saturated heterocycles. The second-order valence-corrected chi connectivity index (χ2v) is 16.3. The molecule has 0 spiro atoms. The SMILES string of the molecule is CCC(C)C(C=O)NC(=O)c1csc(C(C)NC(=O)C2N=C(C(CC(C)C)NC(=O)c3csc(C(Cc4ccccc4)NC(=O)C(N)C(C)OC=O)n3)OC2C)n1. The van der Waals surface area contributed by atoms with E-state index in [1.54, 1.807) is 24.6 Å². The number of aliphatic imine (C=N–C) groups is 1. The Bertz CT molecular complexity index is 1890. The molecule has 9 atom stereocenters. The van der Waals surface area contributed by atoms with E-state index in [1.807, 2.05) is 58.0 Å². The highest BCUT2D eigenvalue weighted by molar-refractivity contribution is 7.10. The van der Waals surface area contributed by atoms with Crippen LogP contribution in [0, 0.1) is 11.8 Å². The van der Waals surface area contributed by atoms with Gasteiger partial charge in [0.25, 0.3) is 18.3 Å². The minimum atomic E-state index is -1.13. The van der Waals surface area contributed by atoms with Gasteiger partial charge < -0.3 is 41.3 Å². The summed E-state index contributed by atoms with van der Waals surface area (Å²) in [6.07, 6.45) is 0.744. The van der Waals surface area contributed by atoms with Crippen LogP contribution in [0.1, 0.15) is 110 Å². The molecule has 9 unspecified atom stereocenters. The van der Waals surface area contributed by atoms with Crippen LogP contribution in [0.2, 0.25) is 0 Å². The fourth-order valence-corrected chi connectivity index (χ4v) is 7.55. The number of amides is 4. The Morgan fingerprint density at radius 3 is 2.14 bits per heavy atom. The van der Waals surface area contributed by atoms with E-state index < -0.39 is 72.1 Å². The number of carbonyl (C=O) groups excluding carboxylic acids is 6. The molecule has 1 aromatic carbocycles. The van der Waals surface area contributed by atoms with E-state index in [4.69, 9.17) is 15.2 Å². The van der Waals surface area contributed by atoms with Gasteiger partial charge in [-0.15, -0.1) is 22.7 Å². The van der Waals surface area contributed by atoms with Crippen LogP contribution in [0.15, 0.2) is 46.1 Å². The van der Waals surface area contributed by atoms with Crippen molar-refractivity contribution in [2.24, 2.45) is 22.6 Å². The Balaban J connectivity index is 1.45. The van der Waals surface area contributed by atoms with Gasteiger partial charge in [-0.2, -0.15) is 0 Å². The first-order valence-corrected chi connectivity index (χ1v) is 20.6. The van der Waals surface area contributed by atoms with Gasteiger partial charge in [0.2, 0.25) is 17.7 Å². The van der Waals surface area contributed by atoms with Crippen LogP contribution in [-0.4, -0.2) is 88.6 Å². The topological polar surface area (TPSA) is 233 Å². The van der Waals surface area contributed by atoms with Crippen LogP contribution in [0.3, 0.4) is 0 Å². The van der Waals surface area contributed by atoms with E-state index in [9.17, 15) is 28.8 Å². The maximum absolute atomic E-state index is 13.7. The number of ether oxygens (including phenoxy) is 2. The zero-order valence-corrected chi connectivity index (χ0v) is 34.7. The molecule has 18 heteroatoms. The number of carbonyl (C=O) groups is 6. The molecule has 4 amide bonds. The minimum Gasteiger partial charge on any atom is -0.474 e. The average molecular weight is 825 g/mol. The minimum absolute atomic E-state index is 0.0338. The molecule has 3 heterocycles. The molecule has 2 aromatic heterocycles. The molecule has 0 aliphatic carbocycles. The van der Waals surface area contributed by atoms with E-state index in [-0.39, 0.29) is 35.6 Å². The molecule has 0 fully saturated rings. The van der Waals surface area contributed by atoms with Crippen LogP contribution in [0.25, 0.3) is 0 Å². The number of nitrogens with zero attached hydrogens (tertiary/aromatic N) is 3. The number of nitrogens with two attached hydrogens (primary N) is 1. The van der Waals surface area contributed by atoms with Crippen molar-refractivity contribution in [2.75, 3.05) is 0 Å². The quantitative estimate of drug-likeness (QED) is 0.0977. The number of rotatable bonds is 21. The Hall–Kier alpha value is -5.07. The monoisotopic (exact) mass is 824 g/mol. The van der Waals surface area contributed by atoms with E-state index in [2.05, 4.69) is 36.2 Å². The van der Waals surface area contributed by atoms with Gasteiger partial charge in [0.1, 0.15) is 52.0 Å². The average Bonchev–Trinajstić information content (AvgIpc) is 3.97. The molecule has 1 aliphatic rings. The molecule has 0 radical (unpaired) electrons. The summed E-state index contributed by atoms with van der Waals surface area (Å²) < 4.78 is 10.9. The lowest BCUT2D eigenvalue weighted by atomic mass is 10.0. The molecular weight excluding hydrogens is 773 g/mol. The maximum atomic E-state index is 13.7. The molecular formula is C39H52N8O8S2. The number of benzene rings is 1. The number of nitrogens with one attached hydrogen (secondary N) is 4. The fourth-order valence-electron chi connectivity index (χ4n) is 5.89. The number of aromatic nitrogens is 2. The van der Waals surface area contributed by atoms with E-state index in [0.717, 1.165) is 18.3 Å². The third-order valence-electron chi connectivity index (χ3n) is 9.51. The van der Waals surface area contributed by atoms with Gasteiger partial charge in [-0.3, -0.25) is 24.0 Å². The van der Waals surface area contributed by atoms with Gasteiger partial charge in [-0.05, 0) is 51.0 Å². The molecule has 0 bridgehead atoms. The summed E-state index contributed by atoms with van der Waals surface area (Å²) in [5.41, 5.74) is 7.23. The first kappa shape index (κ1) is 44.6. The number of hydrogen-bond donors (Lipinski definition) is 5. The van der Waals surface area contributed by atoms with Crippen LogP contribution in [-0.2, 0) is 35.1 Å². The lowest BCUT2D eigenvalue weighted by molar-refractivity contribution is -0.137. The van der Waals surface area contributed by atoms with Gasteiger partial charge >= 0.3 is 0 Å². The summed E-state index contributed by atoms with van der Waals surface area (Å²) in [5, 5.41) is 15.6. The Labute approximate surface area is 340 Å². The summed E-state index contributed by atoms with van der Waals surface area (Å²) in [5.74, 6) is -1.64. The molecule has 4 rings (SSSR count). The summed E-state index contributed by atoms with van der Waals surface area (Å²) in [6, 6.07) is 4.88. The Kier molecular flexibility index (Phi) is 16.4. The van der Waals surface area contributed by atoms with Crippen LogP contribution < -0.4 is 27.0 Å². The third kappa shape index (κ3) is 12.2. The van der Waals surface area contributed by atoms with Crippen molar-refractivity contribution in [3.05, 3.63) is 68.1 Å². The van der Waals surface area contributed by atoms with Gasteiger partial charge in [-0.1, -0.05) is 64.4 Å². The van der Waals surface area contributed by atoms with Crippen LogP contribution >= 0.6 is 22.7 Å². The van der Waals surface area contributed by atoms with Crippen molar-refractivity contribution in [1.82, 2.24) is 31.2 Å².